The summed E-state index contributed by atoms with van der Waals surface area (Å²) in [6.07, 6.45) is 3.68. The van der Waals surface area contributed by atoms with Gasteiger partial charge < -0.3 is 14.7 Å². The Kier molecular flexibility index (Phi) is 14.2. The van der Waals surface area contributed by atoms with Gasteiger partial charge in [-0.2, -0.15) is 0 Å². The van der Waals surface area contributed by atoms with Crippen molar-refractivity contribution in [3.8, 4) is 0 Å². The van der Waals surface area contributed by atoms with Gasteiger partial charge in [0.2, 0.25) is 0 Å². The molecule has 0 fully saturated rings. The predicted molar refractivity (Wildman–Crippen MR) is 466 cm³/mol. The molecule has 0 N–H and O–H groups in total. The van der Waals surface area contributed by atoms with Crippen LogP contribution in [-0.2, 0) is 49.7 Å². The monoisotopic (exact) mass is 1500 g/mol. The van der Waals surface area contributed by atoms with Crippen LogP contribution in [0.2, 0.25) is 0 Å². The number of para-hydroxylation sites is 7. The molecule has 0 atom stereocenters. The number of rotatable bonds is 2. The number of benzene rings is 13. The molecule has 11 aliphatic rings. The molecule has 13 aromatic rings. The molecule has 0 aromatic heterocycles. The van der Waals surface area contributed by atoms with Gasteiger partial charge in [-0.3, -0.25) is 24.0 Å². The van der Waals surface area contributed by atoms with Crippen molar-refractivity contribution in [1.29, 1.82) is 0 Å². The van der Waals surface area contributed by atoms with Crippen LogP contribution < -0.4 is 14.7 Å². The van der Waals surface area contributed by atoms with Gasteiger partial charge in [0.15, 0.2) is 23.1 Å². The van der Waals surface area contributed by atoms with E-state index in [9.17, 15) is 24.0 Å². The molecule has 24 rings (SSSR count). The minimum Gasteiger partial charge on any atom is -0.309 e. The molecular weight excluding hydrogens is 1410 g/mol. The lowest BCUT2D eigenvalue weighted by atomic mass is 9.60. The third-order valence-corrected chi connectivity index (χ3v) is 29.0. The number of nitrogens with zero attached hydrogens (tertiary/aromatic N) is 3. The lowest BCUT2D eigenvalue weighted by Crippen LogP contribution is -2.43. The van der Waals surface area contributed by atoms with Crippen LogP contribution >= 0.6 is 0 Å². The fourth-order valence-electron chi connectivity index (χ4n) is 22.6. The smallest absolute Gasteiger partial charge is 0.197 e. The molecule has 0 unspecified atom stereocenters. The molecule has 8 nitrogen and oxygen atoms in total. The van der Waals surface area contributed by atoms with Crippen LogP contribution in [0, 0.1) is 0 Å². The fraction of sp³-hybridized carbons (Fsp3) is 0.243. The van der Waals surface area contributed by atoms with E-state index >= 15 is 0 Å². The Bertz CT molecular complexity index is 6370. The zero-order chi connectivity index (χ0) is 80.0. The maximum absolute atomic E-state index is 13.6. The Morgan fingerprint density at radius 2 is 0.487 bits per heavy atom. The van der Waals surface area contributed by atoms with E-state index in [2.05, 4.69) is 277 Å². The number of carbonyl (C=O) groups excluding carboxylic acids is 5. The first-order valence-electron chi connectivity index (χ1n) is 40.8. The number of ketones is 4. The number of allylic oxidation sites excluding steroid dienone is 1. The van der Waals surface area contributed by atoms with E-state index in [4.69, 9.17) is 0 Å². The molecule has 115 heavy (non-hydrogen) atoms. The Balaban J connectivity index is 0.000000101. The molecule has 564 valence electrons. The van der Waals surface area contributed by atoms with Crippen LogP contribution in [0.1, 0.15) is 275 Å². The summed E-state index contributed by atoms with van der Waals surface area (Å²) >= 11 is 0. The SMILES string of the molecule is CC1(C)c2cccc3c2N2c4c(cc(C=C5C(=O)c6cc7ccccc7cc6C5=O)cc4C(C)(C)c4cccc1c42)C3.CC1(C)c2cccc3c2N2c4c1cccc4C(C)(C)c1cc(C=O)cc(c12)C3(C)C.CC1(C)c2cccc3c2N2c4c1cccc4C(C)(C)c1cccc(c12)C3(C)C.O=C1CC(=O)c2cc3ccccc3cc21. The molecular formula is C107H91N3O5. The van der Waals surface area contributed by atoms with Crippen molar-refractivity contribution in [2.75, 3.05) is 14.7 Å². The van der Waals surface area contributed by atoms with Crippen LogP contribution in [0.3, 0.4) is 0 Å². The molecule has 0 bridgehead atoms. The van der Waals surface area contributed by atoms with Crippen LogP contribution in [0.4, 0.5) is 51.2 Å². The van der Waals surface area contributed by atoms with E-state index in [0.29, 0.717) is 22.3 Å². The Morgan fingerprint density at radius 1 is 0.243 bits per heavy atom. The Morgan fingerprint density at radius 3 is 0.800 bits per heavy atom. The molecule has 0 saturated carbocycles. The van der Waals surface area contributed by atoms with Gasteiger partial charge in [0.25, 0.3) is 0 Å². The van der Waals surface area contributed by atoms with Crippen molar-refractivity contribution >= 4 is 108 Å². The number of aldehydes is 1. The highest BCUT2D eigenvalue weighted by Crippen LogP contribution is 2.70. The normalized spacial score (nSPS) is 18.6. The largest absolute Gasteiger partial charge is 0.309 e. The van der Waals surface area contributed by atoms with Crippen LogP contribution in [-0.4, -0.2) is 29.4 Å². The molecule has 0 saturated heterocycles. The maximum atomic E-state index is 13.6. The summed E-state index contributed by atoms with van der Waals surface area (Å²) in [5.41, 5.74) is 39.8. The molecule has 9 aliphatic heterocycles. The fourth-order valence-corrected chi connectivity index (χ4v) is 22.6. The second kappa shape index (κ2) is 23.1. The first kappa shape index (κ1) is 70.7. The van der Waals surface area contributed by atoms with E-state index in [1.807, 2.05) is 78.9 Å². The number of hydrogen-bond acceptors (Lipinski definition) is 8. The van der Waals surface area contributed by atoms with Crippen LogP contribution in [0.5, 0.6) is 0 Å². The van der Waals surface area contributed by atoms with Gasteiger partial charge in [-0.15, -0.1) is 0 Å². The van der Waals surface area contributed by atoms with E-state index in [-0.39, 0.29) is 78.4 Å². The summed E-state index contributed by atoms with van der Waals surface area (Å²) in [6, 6.07) is 79.6. The average Bonchev–Trinajstić information content (AvgIpc) is 1.02. The third-order valence-electron chi connectivity index (χ3n) is 29.0. The molecule has 0 spiro atoms. The summed E-state index contributed by atoms with van der Waals surface area (Å²) in [5.74, 6) is -0.481. The van der Waals surface area contributed by atoms with Crippen molar-refractivity contribution in [1.82, 2.24) is 0 Å². The van der Waals surface area contributed by atoms with Gasteiger partial charge in [-0.05, 0) is 182 Å². The molecule has 8 heteroatoms. The van der Waals surface area contributed by atoms with Gasteiger partial charge >= 0.3 is 0 Å². The standard InChI is InChI=1S/C39H29NO2.C28H27NO.C27H27N.C13H8O2/c1-38(2)29-12-7-11-24-18-25-15-21(16-28-36(41)26-19-22-9-5-6-10-23(22)20-27(26)37(28)42)17-32-34(25)40(33(24)29)35-30(38)13-8-14-31(35)39(32,3)4;1-26(2)17-9-7-11-19-23(17)29-24-18(26)10-8-12-20(24)28(5,6)22-14-16(15-30)13-21(25(22)29)27(19,3)4;1-25(2)16-10-7-12-18-22(16)28-23-17(25)11-8-13-19(23)27(5,6)21-15-9-14-20(24(21)28)26(18,3)4;14-12-7-13(15)11-6-9-4-2-1-3-8(9)5-10(11)12/h5-17,19-20H,18H2,1-4H3;7-15H,1-6H3;7-15H,1-6H3;1-6H,7H2. The van der Waals surface area contributed by atoms with Crippen LogP contribution in [0.15, 0.2) is 230 Å². The lowest BCUT2D eigenvalue weighted by molar-refractivity contribution is 0.0919. The zero-order valence-corrected chi connectivity index (χ0v) is 68.3. The highest BCUT2D eigenvalue weighted by molar-refractivity contribution is 6.42. The molecule has 9 heterocycles. The molecule has 0 radical (unpaired) electrons. The minimum absolute atomic E-state index is 0.0108. The van der Waals surface area contributed by atoms with Crippen molar-refractivity contribution in [2.45, 2.75) is 167 Å². The highest BCUT2D eigenvalue weighted by Gasteiger charge is 2.55. The average molecular weight is 1500 g/mol. The number of hydrogen-bond donors (Lipinski definition) is 0. The number of anilines is 9. The zero-order valence-electron chi connectivity index (χ0n) is 68.3. The summed E-state index contributed by atoms with van der Waals surface area (Å²) in [6.45, 7) is 37.6. The minimum atomic E-state index is -0.259. The van der Waals surface area contributed by atoms with E-state index in [0.717, 1.165) is 45.4 Å². The van der Waals surface area contributed by atoms with Gasteiger partial charge in [0.05, 0.1) is 63.2 Å². The number of fused-ring (bicyclic) bond motifs is 4. The van der Waals surface area contributed by atoms with E-state index in [1.54, 1.807) is 0 Å². The van der Waals surface area contributed by atoms with Gasteiger partial charge in [0.1, 0.15) is 6.29 Å². The van der Waals surface area contributed by atoms with E-state index in [1.165, 1.54) is 151 Å². The lowest BCUT2D eigenvalue weighted by Gasteiger charge is -2.55. The third kappa shape index (κ3) is 9.12. The quantitative estimate of drug-likeness (QED) is 0.0731. The Labute approximate surface area is 673 Å². The highest BCUT2D eigenvalue weighted by atomic mass is 16.2. The summed E-state index contributed by atoms with van der Waals surface area (Å²) < 4.78 is 0. The van der Waals surface area contributed by atoms with Gasteiger partial charge in [-0.25, -0.2) is 0 Å². The number of carbonyl (C=O) groups is 5. The van der Waals surface area contributed by atoms with Gasteiger partial charge in [-0.1, -0.05) is 287 Å². The summed E-state index contributed by atoms with van der Waals surface area (Å²) in [4.78, 5) is 69.8. The molecule has 2 aliphatic carbocycles. The van der Waals surface area contributed by atoms with E-state index < -0.39 is 0 Å². The van der Waals surface area contributed by atoms with Crippen molar-refractivity contribution in [3.63, 3.8) is 0 Å². The second-order valence-corrected chi connectivity index (χ2v) is 38.1. The first-order chi connectivity index (χ1) is 54.7. The Hall–Kier alpha value is -12.1. The van der Waals surface area contributed by atoms with Crippen molar-refractivity contribution in [2.24, 2.45) is 0 Å². The predicted octanol–water partition coefficient (Wildman–Crippen LogP) is 25.5. The summed E-state index contributed by atoms with van der Waals surface area (Å²) in [5, 5.41) is 3.97. The molecule has 13 aromatic carbocycles. The van der Waals surface area contributed by atoms with Crippen LogP contribution in [0.25, 0.3) is 27.6 Å². The first-order valence-corrected chi connectivity index (χ1v) is 40.8. The van der Waals surface area contributed by atoms with Crippen molar-refractivity contribution in [3.05, 3.63) is 364 Å². The van der Waals surface area contributed by atoms with Gasteiger partial charge in [0, 0.05) is 77.6 Å². The number of Topliss-reactive ketones (excluding diaryl/α,β-unsaturated/α-hetero) is 4. The molecule has 0 amide bonds. The maximum Gasteiger partial charge on any atom is 0.197 e. The van der Waals surface area contributed by atoms with Crippen molar-refractivity contribution < 1.29 is 24.0 Å². The topological polar surface area (TPSA) is 95.1 Å². The summed E-state index contributed by atoms with van der Waals surface area (Å²) in [7, 11) is 0. The second-order valence-electron chi connectivity index (χ2n) is 38.1.